The Labute approximate surface area is 180 Å². The number of carbonyl (C=O) groups is 1. The van der Waals surface area contributed by atoms with E-state index in [0.29, 0.717) is 18.2 Å². The van der Waals surface area contributed by atoms with E-state index in [2.05, 4.69) is 20.6 Å². The van der Waals surface area contributed by atoms with Crippen molar-refractivity contribution in [1.82, 2.24) is 20.2 Å². The lowest BCUT2D eigenvalue weighted by molar-refractivity contribution is -0.115. The highest BCUT2D eigenvalue weighted by Gasteiger charge is 2.23. The SMILES string of the molecule is Cl.Cl.Cn1cnc2ccc(/C=C3\NC(=N[C@H](CN)c4ccccc4)NC3=O)cc21. The minimum Gasteiger partial charge on any atom is -0.334 e. The Hall–Kier alpha value is -2.87. The van der Waals surface area contributed by atoms with Crippen LogP contribution in [-0.4, -0.2) is 28.0 Å². The molecule has 0 bridgehead atoms. The minimum atomic E-state index is -0.223. The zero-order valence-electron chi connectivity index (χ0n) is 15.7. The number of hydrogen-bond donors (Lipinski definition) is 3. The van der Waals surface area contributed by atoms with Gasteiger partial charge < -0.3 is 15.6 Å². The maximum absolute atomic E-state index is 12.3. The van der Waals surface area contributed by atoms with E-state index in [-0.39, 0.29) is 36.8 Å². The number of rotatable bonds is 4. The summed E-state index contributed by atoms with van der Waals surface area (Å²) in [7, 11) is 1.94. The van der Waals surface area contributed by atoms with Crippen LogP contribution < -0.4 is 16.4 Å². The number of aliphatic imine (C=N–C) groups is 1. The molecule has 152 valence electrons. The van der Waals surface area contributed by atoms with E-state index in [9.17, 15) is 4.79 Å². The molecular formula is C20H22Cl2N6O. The summed E-state index contributed by atoms with van der Waals surface area (Å²) in [6.07, 6.45) is 3.56. The van der Waals surface area contributed by atoms with Crippen molar-refractivity contribution in [3.8, 4) is 0 Å². The van der Waals surface area contributed by atoms with Crippen molar-refractivity contribution < 1.29 is 4.79 Å². The number of hydrogen-bond acceptors (Lipinski definition) is 4. The molecule has 3 aromatic rings. The lowest BCUT2D eigenvalue weighted by atomic mass is 10.1. The third-order valence-corrected chi connectivity index (χ3v) is 4.48. The van der Waals surface area contributed by atoms with Gasteiger partial charge in [0, 0.05) is 13.6 Å². The van der Waals surface area contributed by atoms with Crippen molar-refractivity contribution in [2.75, 3.05) is 6.54 Å². The number of nitrogens with two attached hydrogens (primary N) is 1. The number of nitrogens with one attached hydrogen (secondary N) is 2. The summed E-state index contributed by atoms with van der Waals surface area (Å²) in [4.78, 5) is 21.2. The molecule has 2 aromatic carbocycles. The molecule has 1 aromatic heterocycles. The van der Waals surface area contributed by atoms with Crippen LogP contribution in [0.2, 0.25) is 0 Å². The topological polar surface area (TPSA) is 97.3 Å². The van der Waals surface area contributed by atoms with Gasteiger partial charge in [-0.15, -0.1) is 24.8 Å². The number of halogens is 2. The Morgan fingerprint density at radius 1 is 1.17 bits per heavy atom. The summed E-state index contributed by atoms with van der Waals surface area (Å²) in [6.45, 7) is 0.348. The second kappa shape index (κ2) is 9.56. The van der Waals surface area contributed by atoms with Crippen LogP contribution in [-0.2, 0) is 11.8 Å². The third-order valence-electron chi connectivity index (χ3n) is 4.48. The highest BCUT2D eigenvalue weighted by Crippen LogP contribution is 2.18. The fourth-order valence-electron chi connectivity index (χ4n) is 3.05. The van der Waals surface area contributed by atoms with Gasteiger partial charge in [0.2, 0.25) is 5.96 Å². The zero-order chi connectivity index (χ0) is 18.8. The van der Waals surface area contributed by atoms with E-state index in [1.807, 2.05) is 60.1 Å². The van der Waals surface area contributed by atoms with Crippen molar-refractivity contribution in [1.29, 1.82) is 0 Å². The van der Waals surface area contributed by atoms with Gasteiger partial charge in [-0.2, -0.15) is 0 Å². The number of fused-ring (bicyclic) bond motifs is 1. The molecular weight excluding hydrogens is 411 g/mol. The standard InChI is InChI=1S/C20H20N6O.2ClH/c1-26-12-22-15-8-7-13(10-18(15)26)9-16-19(27)25-20(23-16)24-17(11-21)14-5-3-2-4-6-14;;/h2-10,12,17H,11,21H2,1H3,(H2,23,24,25,27);2*1H/b16-9-;;/t17-;;/m1../s1. The summed E-state index contributed by atoms with van der Waals surface area (Å²) in [5.74, 6) is 0.190. The first-order valence-electron chi connectivity index (χ1n) is 8.68. The second-order valence-electron chi connectivity index (χ2n) is 6.38. The maximum Gasteiger partial charge on any atom is 0.274 e. The van der Waals surface area contributed by atoms with Gasteiger partial charge in [0.25, 0.3) is 5.91 Å². The first-order valence-corrected chi connectivity index (χ1v) is 8.68. The van der Waals surface area contributed by atoms with E-state index in [1.54, 1.807) is 12.4 Å². The van der Waals surface area contributed by atoms with Crippen molar-refractivity contribution in [2.24, 2.45) is 17.8 Å². The van der Waals surface area contributed by atoms with E-state index < -0.39 is 0 Å². The summed E-state index contributed by atoms with van der Waals surface area (Å²) in [6, 6.07) is 15.4. The maximum atomic E-state index is 12.3. The molecule has 0 unspecified atom stereocenters. The van der Waals surface area contributed by atoms with Gasteiger partial charge in [-0.1, -0.05) is 36.4 Å². The highest BCUT2D eigenvalue weighted by atomic mass is 35.5. The fourth-order valence-corrected chi connectivity index (χ4v) is 3.05. The number of guanidine groups is 1. The molecule has 4 rings (SSSR count). The predicted octanol–water partition coefficient (Wildman–Crippen LogP) is 2.53. The Bertz CT molecular complexity index is 1060. The van der Waals surface area contributed by atoms with Gasteiger partial charge in [0.1, 0.15) is 5.70 Å². The molecule has 1 saturated heterocycles. The fraction of sp³-hybridized carbons (Fsp3) is 0.150. The van der Waals surface area contributed by atoms with Crippen molar-refractivity contribution in [3.63, 3.8) is 0 Å². The molecule has 9 heteroatoms. The van der Waals surface area contributed by atoms with Crippen LogP contribution in [0.4, 0.5) is 0 Å². The van der Waals surface area contributed by atoms with Crippen molar-refractivity contribution in [3.05, 3.63) is 71.7 Å². The summed E-state index contributed by atoms with van der Waals surface area (Å²) in [5, 5.41) is 5.81. The third kappa shape index (κ3) is 4.76. The number of aromatic nitrogens is 2. The van der Waals surface area contributed by atoms with Crippen LogP contribution in [0.5, 0.6) is 0 Å². The number of aryl methyl sites for hydroxylation is 1. The van der Waals surface area contributed by atoms with Crippen molar-refractivity contribution >= 4 is 53.8 Å². The molecule has 1 aliphatic rings. The molecule has 0 aliphatic carbocycles. The van der Waals surface area contributed by atoms with Gasteiger partial charge in [-0.05, 0) is 29.3 Å². The average Bonchev–Trinajstić information content (AvgIpc) is 3.23. The first kappa shape index (κ1) is 22.4. The number of imidazole rings is 1. The molecule has 29 heavy (non-hydrogen) atoms. The van der Waals surface area contributed by atoms with E-state index >= 15 is 0 Å². The molecule has 7 nitrogen and oxygen atoms in total. The average molecular weight is 433 g/mol. The zero-order valence-corrected chi connectivity index (χ0v) is 17.3. The second-order valence-corrected chi connectivity index (χ2v) is 6.38. The Kier molecular flexibility index (Phi) is 7.39. The minimum absolute atomic E-state index is 0. The number of nitrogens with zero attached hydrogens (tertiary/aromatic N) is 3. The van der Waals surface area contributed by atoms with Gasteiger partial charge in [0.05, 0.1) is 23.4 Å². The molecule has 1 amide bonds. The molecule has 1 aliphatic heterocycles. The molecule has 2 heterocycles. The Morgan fingerprint density at radius 3 is 2.66 bits per heavy atom. The number of benzene rings is 2. The lowest BCUT2D eigenvalue weighted by Crippen LogP contribution is -2.27. The summed E-state index contributed by atoms with van der Waals surface area (Å²) in [5.41, 5.74) is 10.1. The van der Waals surface area contributed by atoms with Crippen LogP contribution in [0.25, 0.3) is 17.1 Å². The van der Waals surface area contributed by atoms with Crippen molar-refractivity contribution in [2.45, 2.75) is 6.04 Å². The normalized spacial score (nSPS) is 16.8. The number of carbonyl (C=O) groups excluding carboxylic acids is 1. The lowest BCUT2D eigenvalue weighted by Gasteiger charge is -2.11. The Morgan fingerprint density at radius 2 is 1.93 bits per heavy atom. The van der Waals surface area contributed by atoms with E-state index in [1.165, 1.54) is 0 Å². The van der Waals surface area contributed by atoms with Crippen LogP contribution in [0.3, 0.4) is 0 Å². The summed E-state index contributed by atoms with van der Waals surface area (Å²) < 4.78 is 1.94. The molecule has 0 saturated carbocycles. The molecule has 0 radical (unpaired) electrons. The quantitative estimate of drug-likeness (QED) is 0.551. The van der Waals surface area contributed by atoms with Crippen LogP contribution in [0.1, 0.15) is 17.2 Å². The first-order chi connectivity index (χ1) is 13.1. The van der Waals surface area contributed by atoms with Crippen LogP contribution >= 0.6 is 24.8 Å². The summed E-state index contributed by atoms with van der Waals surface area (Å²) >= 11 is 0. The molecule has 4 N–H and O–H groups in total. The smallest absolute Gasteiger partial charge is 0.274 e. The predicted molar refractivity (Wildman–Crippen MR) is 120 cm³/mol. The Balaban J connectivity index is 0.00000150. The number of amides is 1. The molecule has 0 spiro atoms. The van der Waals surface area contributed by atoms with Crippen LogP contribution in [0, 0.1) is 0 Å². The van der Waals surface area contributed by atoms with E-state index in [0.717, 1.165) is 22.2 Å². The van der Waals surface area contributed by atoms with Gasteiger partial charge in [-0.25, -0.2) is 9.98 Å². The monoisotopic (exact) mass is 432 g/mol. The van der Waals surface area contributed by atoms with Crippen LogP contribution in [0.15, 0.2) is 65.5 Å². The molecule has 1 fully saturated rings. The van der Waals surface area contributed by atoms with E-state index in [4.69, 9.17) is 5.73 Å². The largest absolute Gasteiger partial charge is 0.334 e. The molecule has 1 atom stereocenters. The van der Waals surface area contributed by atoms with Gasteiger partial charge >= 0.3 is 0 Å². The highest BCUT2D eigenvalue weighted by molar-refractivity contribution is 6.15. The van der Waals surface area contributed by atoms with Gasteiger partial charge in [-0.3, -0.25) is 10.1 Å². The van der Waals surface area contributed by atoms with Gasteiger partial charge in [0.15, 0.2) is 0 Å².